The van der Waals surface area contributed by atoms with E-state index in [2.05, 4.69) is 15.5 Å². The molecule has 3 aromatic rings. The number of aromatic nitrogens is 4. The molecule has 146 valence electrons. The summed E-state index contributed by atoms with van der Waals surface area (Å²) in [6.07, 6.45) is 1.51. The molecular formula is C16H13Cl3N6O3. The van der Waals surface area contributed by atoms with E-state index in [1.807, 2.05) is 0 Å². The fourth-order valence-electron chi connectivity index (χ4n) is 2.51. The van der Waals surface area contributed by atoms with Crippen LogP contribution in [0.25, 0.3) is 0 Å². The lowest BCUT2D eigenvalue weighted by molar-refractivity contribution is -0.392. The minimum Gasteiger partial charge on any atom is -0.358 e. The van der Waals surface area contributed by atoms with Crippen molar-refractivity contribution in [2.24, 2.45) is 0 Å². The van der Waals surface area contributed by atoms with Gasteiger partial charge in [-0.05, 0) is 24.0 Å². The van der Waals surface area contributed by atoms with Gasteiger partial charge in [0.1, 0.15) is 5.02 Å². The molecule has 0 spiro atoms. The fourth-order valence-corrected chi connectivity index (χ4v) is 3.23. The van der Waals surface area contributed by atoms with E-state index < -0.39 is 10.8 Å². The maximum atomic E-state index is 12.2. The average Bonchev–Trinajstić information content (AvgIpc) is 3.13. The number of amides is 1. The first-order chi connectivity index (χ1) is 13.2. The molecule has 0 fully saturated rings. The highest BCUT2D eigenvalue weighted by Gasteiger charge is 2.21. The summed E-state index contributed by atoms with van der Waals surface area (Å²) in [5, 5.41) is 22.8. The van der Waals surface area contributed by atoms with Gasteiger partial charge in [-0.25, -0.2) is 0 Å². The quantitative estimate of drug-likeness (QED) is 0.458. The number of benzene rings is 1. The van der Waals surface area contributed by atoms with Crippen LogP contribution >= 0.6 is 34.8 Å². The smallest absolute Gasteiger partial charge is 0.345 e. The lowest BCUT2D eigenvalue weighted by Gasteiger charge is -2.06. The number of hydrogen-bond donors (Lipinski definition) is 1. The van der Waals surface area contributed by atoms with Crippen LogP contribution in [0.3, 0.4) is 0 Å². The molecule has 9 nitrogen and oxygen atoms in total. The number of nitrogens with zero attached hydrogens (tertiary/aromatic N) is 5. The molecule has 0 aliphatic rings. The first-order valence-corrected chi connectivity index (χ1v) is 9.02. The van der Waals surface area contributed by atoms with E-state index in [9.17, 15) is 14.9 Å². The van der Waals surface area contributed by atoms with Crippen molar-refractivity contribution in [3.8, 4) is 0 Å². The van der Waals surface area contributed by atoms with Gasteiger partial charge in [0, 0.05) is 21.8 Å². The number of nitro groups is 1. The van der Waals surface area contributed by atoms with Gasteiger partial charge in [-0.15, -0.1) is 4.68 Å². The Morgan fingerprint density at radius 2 is 1.89 bits per heavy atom. The van der Waals surface area contributed by atoms with Crippen LogP contribution in [0.4, 0.5) is 11.6 Å². The Morgan fingerprint density at radius 1 is 1.21 bits per heavy atom. The van der Waals surface area contributed by atoms with Crippen molar-refractivity contribution >= 4 is 52.3 Å². The third kappa shape index (κ3) is 4.44. The van der Waals surface area contributed by atoms with E-state index in [0.717, 1.165) is 4.68 Å². The number of aryl methyl sites for hydroxylation is 1. The van der Waals surface area contributed by atoms with Gasteiger partial charge in [0.2, 0.25) is 0 Å². The van der Waals surface area contributed by atoms with E-state index in [1.165, 1.54) is 16.9 Å². The van der Waals surface area contributed by atoms with Gasteiger partial charge in [-0.3, -0.25) is 9.48 Å². The fraction of sp³-hybridized carbons (Fsp3) is 0.188. The van der Waals surface area contributed by atoms with Crippen LogP contribution < -0.4 is 5.32 Å². The van der Waals surface area contributed by atoms with Crippen LogP contribution in [-0.4, -0.2) is 30.4 Å². The summed E-state index contributed by atoms with van der Waals surface area (Å²) in [5.74, 6) is -0.729. The number of nitrogens with one attached hydrogen (secondary N) is 1. The van der Waals surface area contributed by atoms with Crippen LogP contribution in [0, 0.1) is 17.0 Å². The Labute approximate surface area is 173 Å². The molecule has 0 bridgehead atoms. The second-order valence-electron chi connectivity index (χ2n) is 5.83. The van der Waals surface area contributed by atoms with E-state index in [-0.39, 0.29) is 29.7 Å². The Morgan fingerprint density at radius 3 is 2.54 bits per heavy atom. The first kappa shape index (κ1) is 20.1. The van der Waals surface area contributed by atoms with Gasteiger partial charge >= 0.3 is 5.82 Å². The zero-order chi connectivity index (χ0) is 20.4. The van der Waals surface area contributed by atoms with Gasteiger partial charge in [-0.1, -0.05) is 46.0 Å². The molecule has 2 aromatic heterocycles. The molecule has 1 amide bonds. The van der Waals surface area contributed by atoms with Crippen LogP contribution in [0.15, 0.2) is 30.5 Å². The Kier molecular flexibility index (Phi) is 5.87. The molecule has 1 aromatic carbocycles. The zero-order valence-electron chi connectivity index (χ0n) is 14.4. The third-order valence-electron chi connectivity index (χ3n) is 3.72. The number of carbonyl (C=O) groups is 1. The molecule has 3 rings (SSSR count). The Bertz CT molecular complexity index is 1040. The molecule has 28 heavy (non-hydrogen) atoms. The van der Waals surface area contributed by atoms with E-state index in [4.69, 9.17) is 34.8 Å². The highest BCUT2D eigenvalue weighted by molar-refractivity contribution is 6.36. The summed E-state index contributed by atoms with van der Waals surface area (Å²) in [6.45, 7) is 1.49. The van der Waals surface area contributed by atoms with Crippen molar-refractivity contribution in [3.05, 3.63) is 66.9 Å². The molecule has 1 N–H and O–H groups in total. The summed E-state index contributed by atoms with van der Waals surface area (Å²) in [7, 11) is 0. The Hall–Kier alpha value is -2.62. The molecule has 0 saturated heterocycles. The molecule has 0 atom stereocenters. The summed E-state index contributed by atoms with van der Waals surface area (Å²) < 4.78 is 2.48. The molecule has 0 aliphatic heterocycles. The molecule has 12 heteroatoms. The predicted molar refractivity (Wildman–Crippen MR) is 105 cm³/mol. The van der Waals surface area contributed by atoms with Crippen molar-refractivity contribution in [1.82, 2.24) is 19.6 Å². The number of rotatable bonds is 6. The van der Waals surface area contributed by atoms with Gasteiger partial charge < -0.3 is 15.4 Å². The standard InChI is InChI=1S/C16H13Cl3N6O3/c1-9-5-15(25(27)28)24(21-9)8-14(26)20-16-13(19)7-23(22-16)6-10-11(17)3-2-4-12(10)18/h2-5,7H,6,8H2,1H3,(H,20,22,26). The summed E-state index contributed by atoms with van der Waals surface area (Å²) in [5.41, 5.74) is 1.09. The van der Waals surface area contributed by atoms with Gasteiger partial charge in [0.15, 0.2) is 12.4 Å². The summed E-state index contributed by atoms with van der Waals surface area (Å²) in [6, 6.07) is 6.42. The second kappa shape index (κ2) is 8.17. The minimum absolute atomic E-state index is 0.112. The van der Waals surface area contributed by atoms with Crippen molar-refractivity contribution in [2.75, 3.05) is 5.32 Å². The number of hydrogen-bond acceptors (Lipinski definition) is 5. The highest BCUT2D eigenvalue weighted by atomic mass is 35.5. The Balaban J connectivity index is 1.73. The normalized spacial score (nSPS) is 10.9. The molecule has 0 radical (unpaired) electrons. The van der Waals surface area contributed by atoms with Crippen molar-refractivity contribution in [1.29, 1.82) is 0 Å². The minimum atomic E-state index is -0.609. The lowest BCUT2D eigenvalue weighted by atomic mass is 10.2. The highest BCUT2D eigenvalue weighted by Crippen LogP contribution is 2.27. The van der Waals surface area contributed by atoms with Gasteiger partial charge in [0.25, 0.3) is 5.91 Å². The van der Waals surface area contributed by atoms with E-state index in [0.29, 0.717) is 21.3 Å². The second-order valence-corrected chi connectivity index (χ2v) is 7.05. The largest absolute Gasteiger partial charge is 0.358 e. The zero-order valence-corrected chi connectivity index (χ0v) is 16.7. The average molecular weight is 444 g/mol. The van der Waals surface area contributed by atoms with Gasteiger partial charge in [0.05, 0.1) is 18.3 Å². The maximum absolute atomic E-state index is 12.2. The molecule has 0 aliphatic carbocycles. The number of halogens is 3. The molecule has 0 unspecified atom stereocenters. The monoisotopic (exact) mass is 442 g/mol. The van der Waals surface area contributed by atoms with E-state index >= 15 is 0 Å². The van der Waals surface area contributed by atoms with Crippen molar-refractivity contribution in [3.63, 3.8) is 0 Å². The number of carbonyl (C=O) groups excluding carboxylic acids is 1. The van der Waals surface area contributed by atoms with E-state index in [1.54, 1.807) is 25.1 Å². The van der Waals surface area contributed by atoms with Gasteiger partial charge in [-0.2, -0.15) is 5.10 Å². The maximum Gasteiger partial charge on any atom is 0.345 e. The van der Waals surface area contributed by atoms with Crippen LogP contribution in [0.1, 0.15) is 11.3 Å². The summed E-state index contributed by atoms with van der Waals surface area (Å²) >= 11 is 18.4. The summed E-state index contributed by atoms with van der Waals surface area (Å²) in [4.78, 5) is 22.7. The van der Waals surface area contributed by atoms with Crippen molar-refractivity contribution < 1.29 is 9.72 Å². The molecule has 0 saturated carbocycles. The van der Waals surface area contributed by atoms with Crippen molar-refractivity contribution in [2.45, 2.75) is 20.0 Å². The molecule has 2 heterocycles. The topological polar surface area (TPSA) is 108 Å². The van der Waals surface area contributed by atoms with Crippen LogP contribution in [0.2, 0.25) is 15.1 Å². The van der Waals surface area contributed by atoms with Crippen LogP contribution in [0.5, 0.6) is 0 Å². The number of anilines is 1. The lowest BCUT2D eigenvalue weighted by Crippen LogP contribution is -2.21. The third-order valence-corrected chi connectivity index (χ3v) is 4.70. The SMILES string of the molecule is Cc1cc([N+](=O)[O-])n(CC(=O)Nc2nn(Cc3c(Cl)cccc3Cl)cc2Cl)n1. The molecular weight excluding hydrogens is 431 g/mol. The predicted octanol–water partition coefficient (Wildman–Crippen LogP) is 3.94. The first-order valence-electron chi connectivity index (χ1n) is 7.89. The van der Waals surface area contributed by atoms with Crippen LogP contribution in [-0.2, 0) is 17.9 Å².